The van der Waals surface area contributed by atoms with Gasteiger partial charge in [-0.25, -0.2) is 5.43 Å². The van der Waals surface area contributed by atoms with Crippen LogP contribution in [0.4, 0.5) is 0 Å². The quantitative estimate of drug-likeness (QED) is 0.132. The number of carbonyl (C=O) groups is 5. The van der Waals surface area contributed by atoms with Crippen molar-refractivity contribution >= 4 is 40.5 Å². The molecule has 6 bridgehead atoms. The third-order valence-electron chi connectivity index (χ3n) is 16.3. The largest absolute Gasteiger partial charge is 0.464 e. The molecule has 2 saturated heterocycles. The summed E-state index contributed by atoms with van der Waals surface area (Å²) < 4.78 is 14.5. The molecule has 2 N–H and O–H groups in total. The summed E-state index contributed by atoms with van der Waals surface area (Å²) in [7, 11) is 7.22. The standard InChI is InChI=1S/C58H74N8O7/c1-9-65-48-22-21-41-30-44(48)45(52(65)46-34-59-25-23-43(46)37(2)72-8)32-57(3,4)36-73-55(70)47-19-13-27-66(61-47)56(71)58(31-38-15-12-18-40(41)29-38)33-49(58)60-53(68)51(39-16-10-11-17-39)63(7)54(69)42-24-28-64(35-42)50(67)20-14-26-62(5)6/h12,15,18,21-23,25,29-30,34,37,39,42,47,49,51,61H,9-11,13,16-17,19,24,26-28,31-33,35-36H2,1-8H3,(H,60,68)/t37-,42-,47-,49?,51-,58?/m0/s1. The van der Waals surface area contributed by atoms with Crippen molar-refractivity contribution in [2.75, 3.05) is 61.0 Å². The molecule has 2 unspecified atom stereocenters. The Morgan fingerprint density at radius 2 is 1.77 bits per heavy atom. The van der Waals surface area contributed by atoms with Crippen LogP contribution in [0.2, 0.25) is 0 Å². The number of nitrogens with one attached hydrogen (secondary N) is 2. The Morgan fingerprint density at radius 3 is 2.52 bits per heavy atom. The fraction of sp³-hybridized carbons (Fsp3) is 0.552. The highest BCUT2D eigenvalue weighted by Crippen LogP contribution is 2.51. The zero-order valence-electron chi connectivity index (χ0n) is 44.1. The summed E-state index contributed by atoms with van der Waals surface area (Å²) in [5.74, 6) is 3.83. The fourth-order valence-corrected chi connectivity index (χ4v) is 12.2. The van der Waals surface area contributed by atoms with Gasteiger partial charge in [-0.1, -0.05) is 62.9 Å². The van der Waals surface area contributed by atoms with Gasteiger partial charge in [0.25, 0.3) is 5.91 Å². The van der Waals surface area contributed by atoms with E-state index in [1.54, 1.807) is 29.0 Å². The molecule has 5 aliphatic rings. The zero-order valence-corrected chi connectivity index (χ0v) is 44.1. The molecule has 4 aromatic rings. The second-order valence-corrected chi connectivity index (χ2v) is 22.4. The number of esters is 1. The molecule has 73 heavy (non-hydrogen) atoms. The summed E-state index contributed by atoms with van der Waals surface area (Å²) in [4.78, 5) is 81.2. The van der Waals surface area contributed by atoms with Crippen molar-refractivity contribution < 1.29 is 33.4 Å². The van der Waals surface area contributed by atoms with E-state index in [0.717, 1.165) is 75.7 Å². The number of nitrogens with zero attached hydrogens (tertiary/aromatic N) is 6. The van der Waals surface area contributed by atoms with Gasteiger partial charge < -0.3 is 29.2 Å². The van der Waals surface area contributed by atoms with Gasteiger partial charge in [-0.2, -0.15) is 0 Å². The number of hydrazine groups is 1. The molecule has 6 atom stereocenters. The maximum atomic E-state index is 15.2. The fourth-order valence-electron chi connectivity index (χ4n) is 12.2. The lowest BCUT2D eigenvalue weighted by molar-refractivity contribution is -0.156. The van der Waals surface area contributed by atoms with Gasteiger partial charge in [-0.15, -0.1) is 0 Å². The monoisotopic (exact) mass is 995 g/mol. The maximum absolute atomic E-state index is 15.2. The Labute approximate surface area is 430 Å². The highest BCUT2D eigenvalue weighted by atomic mass is 16.5. The van der Waals surface area contributed by atoms with Crippen molar-refractivity contribution in [2.24, 2.45) is 22.7 Å². The lowest BCUT2D eigenvalue weighted by atomic mass is 9.84. The first-order chi connectivity index (χ1) is 35.0. The lowest BCUT2D eigenvalue weighted by Gasteiger charge is -2.36. The third kappa shape index (κ3) is 10.7. The number of cyclic esters (lactones) is 1. The highest BCUT2D eigenvalue weighted by molar-refractivity contribution is 5.97. The number of likely N-dealkylation sites (N-methyl/N-ethyl adjacent to an activating group) is 1. The smallest absolute Gasteiger partial charge is 0.324 e. The van der Waals surface area contributed by atoms with Gasteiger partial charge in [0, 0.05) is 80.7 Å². The van der Waals surface area contributed by atoms with Gasteiger partial charge in [0.15, 0.2) is 0 Å². The molecule has 9 rings (SSSR count). The minimum atomic E-state index is -1.02. The van der Waals surface area contributed by atoms with Crippen LogP contribution in [-0.4, -0.2) is 138 Å². The summed E-state index contributed by atoms with van der Waals surface area (Å²) in [6.45, 7) is 10.9. The van der Waals surface area contributed by atoms with Crippen LogP contribution in [0.1, 0.15) is 102 Å². The molecule has 5 heterocycles. The lowest BCUT2D eigenvalue weighted by Crippen LogP contribution is -2.58. The maximum Gasteiger partial charge on any atom is 0.324 e. The van der Waals surface area contributed by atoms with Crippen LogP contribution >= 0.6 is 0 Å². The average molecular weight is 995 g/mol. The summed E-state index contributed by atoms with van der Waals surface area (Å²) in [5, 5.41) is 6.02. The highest BCUT2D eigenvalue weighted by Gasteiger charge is 2.63. The van der Waals surface area contributed by atoms with Gasteiger partial charge in [-0.3, -0.25) is 38.9 Å². The number of amides is 4. The van der Waals surface area contributed by atoms with Crippen LogP contribution in [0.15, 0.2) is 60.9 Å². The number of hydrogen-bond donors (Lipinski definition) is 2. The molecular formula is C58H74N8O7. The second-order valence-electron chi connectivity index (χ2n) is 22.4. The van der Waals surface area contributed by atoms with E-state index >= 15 is 4.79 Å². The Bertz CT molecular complexity index is 2820. The number of hydrogen-bond acceptors (Lipinski definition) is 10. The average Bonchev–Trinajstić information content (AvgIpc) is 3.81. The van der Waals surface area contributed by atoms with Crippen LogP contribution in [0.25, 0.3) is 33.3 Å². The van der Waals surface area contributed by atoms with E-state index in [1.165, 1.54) is 0 Å². The molecule has 15 nitrogen and oxygen atoms in total. The van der Waals surface area contributed by atoms with Crippen LogP contribution in [-0.2, 0) is 52.8 Å². The number of pyridine rings is 1. The number of likely N-dealkylation sites (tertiary alicyclic amines) is 1. The molecule has 15 heteroatoms. The first-order valence-electron chi connectivity index (χ1n) is 26.5. The number of aryl methyl sites for hydroxylation is 1. The first kappa shape index (κ1) is 51.8. The van der Waals surface area contributed by atoms with Crippen molar-refractivity contribution in [1.82, 2.24) is 40.0 Å². The molecule has 2 aromatic heterocycles. The molecule has 4 amide bonds. The topological polar surface area (TPSA) is 159 Å². The summed E-state index contributed by atoms with van der Waals surface area (Å²) in [6, 6.07) is 15.0. The predicted octanol–water partition coefficient (Wildman–Crippen LogP) is 6.57. The van der Waals surface area contributed by atoms with E-state index in [2.05, 4.69) is 83.2 Å². The van der Waals surface area contributed by atoms with Crippen molar-refractivity contribution in [3.63, 3.8) is 0 Å². The zero-order chi connectivity index (χ0) is 51.8. The van der Waals surface area contributed by atoms with Gasteiger partial charge in [0.05, 0.1) is 36.3 Å². The number of ether oxygens (including phenoxy) is 2. The van der Waals surface area contributed by atoms with E-state index in [0.29, 0.717) is 64.7 Å². The summed E-state index contributed by atoms with van der Waals surface area (Å²) >= 11 is 0. The van der Waals surface area contributed by atoms with Gasteiger partial charge in [-0.05, 0) is 137 Å². The first-order valence-corrected chi connectivity index (χ1v) is 26.5. The number of benzene rings is 2. The number of aromatic nitrogens is 2. The summed E-state index contributed by atoms with van der Waals surface area (Å²) in [6.07, 6.45) is 10.1. The number of rotatable bonds is 10. The Kier molecular flexibility index (Phi) is 15.2. The number of carbonyl (C=O) groups excluding carboxylic acids is 5. The minimum Gasteiger partial charge on any atom is -0.464 e. The molecule has 3 aliphatic heterocycles. The Hall–Kier alpha value is -6.08. The minimum absolute atomic E-state index is 0.0404. The molecule has 388 valence electrons. The molecule has 2 saturated carbocycles. The molecule has 4 fully saturated rings. The van der Waals surface area contributed by atoms with E-state index in [-0.39, 0.29) is 48.8 Å². The van der Waals surface area contributed by atoms with Crippen molar-refractivity contribution in [3.05, 3.63) is 77.6 Å². The third-order valence-corrected chi connectivity index (χ3v) is 16.3. The van der Waals surface area contributed by atoms with Gasteiger partial charge in [0.2, 0.25) is 17.7 Å². The number of fused-ring (bicyclic) bond motifs is 6. The van der Waals surface area contributed by atoms with E-state index in [1.807, 2.05) is 56.5 Å². The van der Waals surface area contributed by atoms with Crippen molar-refractivity contribution in [1.29, 1.82) is 0 Å². The van der Waals surface area contributed by atoms with E-state index in [9.17, 15) is 19.2 Å². The Balaban J connectivity index is 1.05. The second kappa shape index (κ2) is 21.4. The van der Waals surface area contributed by atoms with Crippen LogP contribution in [0.5, 0.6) is 0 Å². The van der Waals surface area contributed by atoms with Crippen LogP contribution in [0, 0.1) is 34.5 Å². The molecule has 2 aliphatic carbocycles. The Morgan fingerprint density at radius 1 is 0.986 bits per heavy atom. The van der Waals surface area contributed by atoms with E-state index < -0.39 is 40.8 Å². The number of methoxy groups -OCH3 is 1. The molecule has 1 spiro atoms. The summed E-state index contributed by atoms with van der Waals surface area (Å²) in [5.41, 5.74) is 10.1. The molecule has 2 aromatic carbocycles. The predicted molar refractivity (Wildman–Crippen MR) is 280 cm³/mol. The van der Waals surface area contributed by atoms with Gasteiger partial charge >= 0.3 is 5.97 Å². The SMILES string of the molecule is CCn1c(-c2cnccc2[C@H](C)OC)c2c3cc(ccc31)-c1cccc(c1)CC1(CC1NC(=O)[C@H](C1CCCC1)N(C)C(=O)[C@H]1CCN(C(=O)C#CCN(C)C)C1)C(=O)N1CCC[C@H](N1)C(=O)OCC(C)(C)C2. The van der Waals surface area contributed by atoms with Crippen LogP contribution < -0.4 is 10.7 Å². The van der Waals surface area contributed by atoms with Crippen molar-refractivity contribution in [3.8, 4) is 34.2 Å². The van der Waals surface area contributed by atoms with Crippen LogP contribution in [0.3, 0.4) is 0 Å². The van der Waals surface area contributed by atoms with E-state index in [4.69, 9.17) is 9.47 Å². The van der Waals surface area contributed by atoms with Gasteiger partial charge in [0.1, 0.15) is 12.1 Å². The molecule has 0 radical (unpaired) electrons. The molecular weight excluding hydrogens is 921 g/mol. The van der Waals surface area contributed by atoms with Crippen molar-refractivity contribution in [2.45, 2.75) is 123 Å². The normalized spacial score (nSPS) is 23.9.